The summed E-state index contributed by atoms with van der Waals surface area (Å²) in [7, 11) is 2.08. The predicted molar refractivity (Wildman–Crippen MR) is 74.5 cm³/mol. The number of nitrogens with zero attached hydrogens (tertiary/aromatic N) is 1. The molecule has 0 saturated carbocycles. The van der Waals surface area contributed by atoms with Crippen LogP contribution in [0.1, 0.15) is 46.5 Å². The van der Waals surface area contributed by atoms with Crippen molar-refractivity contribution in [1.29, 1.82) is 0 Å². The molecule has 98 valence electrons. The van der Waals surface area contributed by atoms with Gasteiger partial charge in [0.1, 0.15) is 0 Å². The maximum Gasteiger partial charge on any atom is 0.00884 e. The first kappa shape index (κ1) is 16.2. The highest BCUT2D eigenvalue weighted by atomic mass is 35.5. The fourth-order valence-electron chi connectivity index (χ4n) is 2.08. The maximum absolute atomic E-state index is 3.38. The molecular formula is C13H29ClN2. The molecule has 0 radical (unpaired) electrons. The molecule has 0 unspecified atom stereocenters. The van der Waals surface area contributed by atoms with Crippen LogP contribution in [0.4, 0.5) is 0 Å². The van der Waals surface area contributed by atoms with Crippen LogP contribution in [0.5, 0.6) is 0 Å². The lowest BCUT2D eigenvalue weighted by atomic mass is 9.86. The second-order valence-electron chi connectivity index (χ2n) is 5.67. The fraction of sp³-hybridized carbons (Fsp3) is 1.00. The maximum atomic E-state index is 3.38. The van der Waals surface area contributed by atoms with E-state index in [1.165, 1.54) is 45.3 Å². The van der Waals surface area contributed by atoms with Gasteiger partial charge >= 0.3 is 0 Å². The van der Waals surface area contributed by atoms with Crippen LogP contribution >= 0.6 is 12.4 Å². The van der Waals surface area contributed by atoms with Crippen LogP contribution in [0, 0.1) is 5.41 Å². The van der Waals surface area contributed by atoms with Crippen molar-refractivity contribution in [3.63, 3.8) is 0 Å². The Hall–Kier alpha value is 0.210. The zero-order valence-electron chi connectivity index (χ0n) is 11.4. The topological polar surface area (TPSA) is 15.3 Å². The number of nitrogens with one attached hydrogen (secondary N) is 1. The van der Waals surface area contributed by atoms with E-state index in [-0.39, 0.29) is 12.4 Å². The van der Waals surface area contributed by atoms with Crippen molar-refractivity contribution in [1.82, 2.24) is 10.2 Å². The quantitative estimate of drug-likeness (QED) is 0.805. The summed E-state index contributed by atoms with van der Waals surface area (Å²) in [5.74, 6) is 0. The Morgan fingerprint density at radius 3 is 2.25 bits per heavy atom. The molecule has 1 saturated heterocycles. The molecule has 1 N–H and O–H groups in total. The van der Waals surface area contributed by atoms with E-state index in [1.807, 2.05) is 0 Å². The van der Waals surface area contributed by atoms with E-state index in [1.54, 1.807) is 0 Å². The van der Waals surface area contributed by atoms with E-state index in [0.717, 1.165) is 6.04 Å². The number of hydrogen-bond donors (Lipinski definition) is 1. The summed E-state index contributed by atoms with van der Waals surface area (Å²) in [6.07, 6.45) is 5.28. The van der Waals surface area contributed by atoms with Crippen molar-refractivity contribution >= 4 is 12.4 Å². The lowest BCUT2D eigenvalue weighted by molar-refractivity contribution is 0.170. The number of rotatable bonds is 5. The Morgan fingerprint density at radius 1 is 1.25 bits per heavy atom. The highest BCUT2D eigenvalue weighted by Crippen LogP contribution is 2.25. The SMILES string of the molecule is CCC(C)(C)CCN1CCC(NC)CC1.Cl. The third-order valence-electron chi connectivity index (χ3n) is 4.06. The molecule has 0 aromatic rings. The van der Waals surface area contributed by atoms with Gasteiger partial charge < -0.3 is 10.2 Å². The van der Waals surface area contributed by atoms with Crippen LogP contribution < -0.4 is 5.32 Å². The minimum absolute atomic E-state index is 0. The van der Waals surface area contributed by atoms with Crippen molar-refractivity contribution < 1.29 is 0 Å². The molecule has 0 aromatic heterocycles. The number of likely N-dealkylation sites (tertiary alicyclic amines) is 1. The van der Waals surface area contributed by atoms with Gasteiger partial charge in [0.2, 0.25) is 0 Å². The minimum Gasteiger partial charge on any atom is -0.317 e. The summed E-state index contributed by atoms with van der Waals surface area (Å²) >= 11 is 0. The predicted octanol–water partition coefficient (Wildman–Crippen LogP) is 2.92. The third kappa shape index (κ3) is 5.51. The van der Waals surface area contributed by atoms with Crippen molar-refractivity contribution in [2.75, 3.05) is 26.7 Å². The molecule has 1 rings (SSSR count). The molecule has 0 aliphatic carbocycles. The first-order chi connectivity index (χ1) is 7.07. The first-order valence-electron chi connectivity index (χ1n) is 6.47. The van der Waals surface area contributed by atoms with Crippen molar-refractivity contribution in [2.24, 2.45) is 5.41 Å². The molecule has 2 nitrogen and oxygen atoms in total. The van der Waals surface area contributed by atoms with Gasteiger partial charge in [-0.2, -0.15) is 0 Å². The van der Waals surface area contributed by atoms with Crippen LogP contribution in [-0.4, -0.2) is 37.6 Å². The van der Waals surface area contributed by atoms with Crippen LogP contribution in [0.15, 0.2) is 0 Å². The first-order valence-corrected chi connectivity index (χ1v) is 6.47. The zero-order valence-corrected chi connectivity index (χ0v) is 12.2. The van der Waals surface area contributed by atoms with Gasteiger partial charge in [-0.05, 0) is 51.4 Å². The van der Waals surface area contributed by atoms with Gasteiger partial charge in [-0.1, -0.05) is 27.2 Å². The van der Waals surface area contributed by atoms with Crippen LogP contribution in [0.3, 0.4) is 0 Å². The van der Waals surface area contributed by atoms with Crippen LogP contribution in [0.2, 0.25) is 0 Å². The normalized spacial score (nSPS) is 19.5. The van der Waals surface area contributed by atoms with E-state index in [0.29, 0.717) is 5.41 Å². The molecule has 0 amide bonds. The smallest absolute Gasteiger partial charge is 0.00884 e. The fourth-order valence-corrected chi connectivity index (χ4v) is 2.08. The molecular weight excluding hydrogens is 220 g/mol. The lowest BCUT2D eigenvalue weighted by Crippen LogP contribution is -2.42. The van der Waals surface area contributed by atoms with Crippen molar-refractivity contribution in [2.45, 2.75) is 52.5 Å². The summed E-state index contributed by atoms with van der Waals surface area (Å²) in [5, 5.41) is 3.38. The van der Waals surface area contributed by atoms with Crippen LogP contribution in [-0.2, 0) is 0 Å². The van der Waals surface area contributed by atoms with E-state index in [2.05, 4.69) is 38.0 Å². The lowest BCUT2D eigenvalue weighted by Gasteiger charge is -2.34. The summed E-state index contributed by atoms with van der Waals surface area (Å²) in [5.41, 5.74) is 0.528. The molecule has 3 heteroatoms. The molecule has 16 heavy (non-hydrogen) atoms. The standard InChI is InChI=1S/C13H28N2.ClH/c1-5-13(2,3)8-11-15-9-6-12(14-4)7-10-15;/h12,14H,5-11H2,1-4H3;1H. The van der Waals surface area contributed by atoms with Gasteiger partial charge in [-0.3, -0.25) is 0 Å². The zero-order chi connectivity index (χ0) is 11.3. The number of piperidine rings is 1. The summed E-state index contributed by atoms with van der Waals surface area (Å²) < 4.78 is 0. The second kappa shape index (κ2) is 7.52. The highest BCUT2D eigenvalue weighted by molar-refractivity contribution is 5.85. The summed E-state index contributed by atoms with van der Waals surface area (Å²) in [6.45, 7) is 10.9. The van der Waals surface area contributed by atoms with Gasteiger partial charge in [0.15, 0.2) is 0 Å². The molecule has 0 atom stereocenters. The van der Waals surface area contributed by atoms with Gasteiger partial charge in [-0.25, -0.2) is 0 Å². The van der Waals surface area contributed by atoms with Gasteiger partial charge in [-0.15, -0.1) is 12.4 Å². The summed E-state index contributed by atoms with van der Waals surface area (Å²) in [6, 6.07) is 0.764. The Balaban J connectivity index is 0.00000225. The van der Waals surface area contributed by atoms with Gasteiger partial charge in [0, 0.05) is 6.04 Å². The largest absolute Gasteiger partial charge is 0.317 e. The van der Waals surface area contributed by atoms with E-state index in [9.17, 15) is 0 Å². The van der Waals surface area contributed by atoms with Gasteiger partial charge in [0.05, 0.1) is 0 Å². The van der Waals surface area contributed by atoms with E-state index in [4.69, 9.17) is 0 Å². The Kier molecular flexibility index (Phi) is 7.62. The molecule has 0 aromatic carbocycles. The highest BCUT2D eigenvalue weighted by Gasteiger charge is 2.20. The Labute approximate surface area is 108 Å². The Bertz CT molecular complexity index is 175. The molecule has 1 fully saturated rings. The number of hydrogen-bond acceptors (Lipinski definition) is 2. The third-order valence-corrected chi connectivity index (χ3v) is 4.06. The van der Waals surface area contributed by atoms with E-state index >= 15 is 0 Å². The van der Waals surface area contributed by atoms with Crippen molar-refractivity contribution in [3.8, 4) is 0 Å². The molecule has 0 bridgehead atoms. The molecule has 1 aliphatic rings. The van der Waals surface area contributed by atoms with Crippen LogP contribution in [0.25, 0.3) is 0 Å². The van der Waals surface area contributed by atoms with Gasteiger partial charge in [0.25, 0.3) is 0 Å². The Morgan fingerprint density at radius 2 is 1.81 bits per heavy atom. The molecule has 1 heterocycles. The molecule has 1 aliphatic heterocycles. The average molecular weight is 249 g/mol. The summed E-state index contributed by atoms with van der Waals surface area (Å²) in [4.78, 5) is 2.63. The van der Waals surface area contributed by atoms with E-state index < -0.39 is 0 Å². The minimum atomic E-state index is 0. The average Bonchev–Trinajstić information content (AvgIpc) is 2.27. The van der Waals surface area contributed by atoms with Crippen molar-refractivity contribution in [3.05, 3.63) is 0 Å². The second-order valence-corrected chi connectivity index (χ2v) is 5.67. The molecule has 0 spiro atoms. The number of halogens is 1. The monoisotopic (exact) mass is 248 g/mol.